The van der Waals surface area contributed by atoms with Crippen molar-refractivity contribution in [3.8, 4) is 5.75 Å². The normalized spacial score (nSPS) is 17.0. The maximum Gasteiger partial charge on any atom is 0.255 e. The van der Waals surface area contributed by atoms with Crippen LogP contribution in [0.25, 0.3) is 0 Å². The first-order valence-electron chi connectivity index (χ1n) is 9.16. The van der Waals surface area contributed by atoms with Gasteiger partial charge in [0.2, 0.25) is 0 Å². The minimum atomic E-state index is -0.0632. The lowest BCUT2D eigenvalue weighted by Crippen LogP contribution is -2.18. The smallest absolute Gasteiger partial charge is 0.255 e. The van der Waals surface area contributed by atoms with Crippen LogP contribution < -0.4 is 10.1 Å². The van der Waals surface area contributed by atoms with Crippen LogP contribution in [0.5, 0.6) is 5.75 Å². The molecule has 2 aromatic rings. The first kappa shape index (κ1) is 16.2. The fourth-order valence-corrected chi connectivity index (χ4v) is 3.65. The molecule has 0 unspecified atom stereocenters. The maximum atomic E-state index is 12.6. The Morgan fingerprint density at radius 1 is 1.08 bits per heavy atom. The molecule has 1 fully saturated rings. The largest absolute Gasteiger partial charge is 0.493 e. The molecule has 1 saturated heterocycles. The van der Waals surface area contributed by atoms with Gasteiger partial charge in [0.15, 0.2) is 0 Å². The molecular formula is C21H24N2O2. The van der Waals surface area contributed by atoms with E-state index in [0.29, 0.717) is 5.56 Å². The average molecular weight is 336 g/mol. The molecular weight excluding hydrogens is 312 g/mol. The predicted octanol–water partition coefficient (Wildman–Crippen LogP) is 3.86. The molecule has 4 rings (SSSR count). The van der Waals surface area contributed by atoms with Gasteiger partial charge in [-0.15, -0.1) is 0 Å². The number of hydrogen-bond acceptors (Lipinski definition) is 3. The third kappa shape index (κ3) is 3.85. The molecule has 25 heavy (non-hydrogen) atoms. The second kappa shape index (κ2) is 7.28. The summed E-state index contributed by atoms with van der Waals surface area (Å²) in [5.41, 5.74) is 3.92. The molecule has 4 nitrogen and oxygen atoms in total. The van der Waals surface area contributed by atoms with E-state index in [-0.39, 0.29) is 5.91 Å². The van der Waals surface area contributed by atoms with Crippen LogP contribution in [0.15, 0.2) is 42.5 Å². The van der Waals surface area contributed by atoms with Crippen molar-refractivity contribution >= 4 is 11.6 Å². The summed E-state index contributed by atoms with van der Waals surface area (Å²) < 4.78 is 5.62. The first-order chi connectivity index (χ1) is 12.3. The van der Waals surface area contributed by atoms with Crippen LogP contribution in [-0.2, 0) is 13.0 Å². The van der Waals surface area contributed by atoms with Crippen molar-refractivity contribution in [2.24, 2.45) is 0 Å². The average Bonchev–Trinajstić information content (AvgIpc) is 3.14. The molecule has 2 aromatic carbocycles. The Balaban J connectivity index is 1.45. The number of hydrogen-bond donors (Lipinski definition) is 1. The fourth-order valence-electron chi connectivity index (χ4n) is 3.65. The third-order valence-corrected chi connectivity index (χ3v) is 4.96. The van der Waals surface area contributed by atoms with Crippen LogP contribution in [0.3, 0.4) is 0 Å². The number of benzene rings is 2. The molecule has 130 valence electrons. The van der Waals surface area contributed by atoms with Gasteiger partial charge in [-0.3, -0.25) is 9.69 Å². The van der Waals surface area contributed by atoms with E-state index >= 15 is 0 Å². The summed E-state index contributed by atoms with van der Waals surface area (Å²) in [5, 5.41) is 3.03. The molecule has 0 bridgehead atoms. The van der Waals surface area contributed by atoms with Gasteiger partial charge in [0.25, 0.3) is 5.91 Å². The second-order valence-corrected chi connectivity index (χ2v) is 6.91. The van der Waals surface area contributed by atoms with E-state index in [9.17, 15) is 4.79 Å². The molecule has 2 heterocycles. The molecule has 2 aliphatic heterocycles. The van der Waals surface area contributed by atoms with Crippen LogP contribution >= 0.6 is 0 Å². The summed E-state index contributed by atoms with van der Waals surface area (Å²) >= 11 is 0. The lowest BCUT2D eigenvalue weighted by molar-refractivity contribution is 0.102. The zero-order valence-electron chi connectivity index (χ0n) is 14.5. The van der Waals surface area contributed by atoms with Crippen molar-refractivity contribution in [2.75, 3.05) is 25.0 Å². The summed E-state index contributed by atoms with van der Waals surface area (Å²) in [6.45, 7) is 4.07. The second-order valence-electron chi connectivity index (χ2n) is 6.91. The van der Waals surface area contributed by atoms with Crippen molar-refractivity contribution in [3.05, 3.63) is 59.2 Å². The number of nitrogens with zero attached hydrogens (tertiary/aromatic N) is 1. The lowest BCUT2D eigenvalue weighted by atomic mass is 10.0. The van der Waals surface area contributed by atoms with Gasteiger partial charge in [-0.05, 0) is 80.2 Å². The van der Waals surface area contributed by atoms with E-state index in [4.69, 9.17) is 4.74 Å². The van der Waals surface area contributed by atoms with Gasteiger partial charge >= 0.3 is 0 Å². The Kier molecular flexibility index (Phi) is 4.70. The number of amides is 1. The molecule has 0 spiro atoms. The molecule has 0 saturated carbocycles. The number of fused-ring (bicyclic) bond motifs is 1. The van der Waals surface area contributed by atoms with E-state index in [1.807, 2.05) is 30.3 Å². The minimum Gasteiger partial charge on any atom is -0.493 e. The van der Waals surface area contributed by atoms with E-state index in [1.54, 1.807) is 0 Å². The number of rotatable bonds is 4. The SMILES string of the molecule is O=C(Nc1cccc(CN2CCCC2)c1)c1ccc2c(c1)CCCO2. The van der Waals surface area contributed by atoms with Crippen molar-refractivity contribution in [1.29, 1.82) is 0 Å². The number of likely N-dealkylation sites (tertiary alicyclic amines) is 1. The summed E-state index contributed by atoms with van der Waals surface area (Å²) in [5.74, 6) is 0.849. The number of carbonyl (C=O) groups excluding carboxylic acids is 1. The number of anilines is 1. The maximum absolute atomic E-state index is 12.6. The standard InChI is InChI=1S/C21H24N2O2/c24-21(18-8-9-20-17(14-18)6-4-12-25-20)22-19-7-3-5-16(13-19)15-23-10-1-2-11-23/h3,5,7-9,13-14H,1-2,4,6,10-12,15H2,(H,22,24). The predicted molar refractivity (Wildman–Crippen MR) is 99.2 cm³/mol. The summed E-state index contributed by atoms with van der Waals surface area (Å²) in [4.78, 5) is 15.1. The quantitative estimate of drug-likeness (QED) is 0.922. The van der Waals surface area contributed by atoms with E-state index in [2.05, 4.69) is 22.3 Å². The number of ether oxygens (including phenoxy) is 1. The molecule has 1 amide bonds. The minimum absolute atomic E-state index is 0.0632. The molecule has 1 N–H and O–H groups in total. The van der Waals surface area contributed by atoms with Crippen molar-refractivity contribution in [1.82, 2.24) is 4.90 Å². The Hall–Kier alpha value is -2.33. The molecule has 0 radical (unpaired) electrons. The van der Waals surface area contributed by atoms with Gasteiger partial charge in [-0.1, -0.05) is 12.1 Å². The molecule has 4 heteroatoms. The Bertz CT molecular complexity index is 766. The first-order valence-corrected chi connectivity index (χ1v) is 9.16. The Labute approximate surface area is 148 Å². The van der Waals surface area contributed by atoms with Gasteiger partial charge in [-0.25, -0.2) is 0 Å². The molecule has 2 aliphatic rings. The zero-order valence-corrected chi connectivity index (χ0v) is 14.5. The van der Waals surface area contributed by atoms with Gasteiger partial charge in [-0.2, -0.15) is 0 Å². The fraction of sp³-hybridized carbons (Fsp3) is 0.381. The zero-order chi connectivity index (χ0) is 17.1. The van der Waals surface area contributed by atoms with E-state index < -0.39 is 0 Å². The number of nitrogens with one attached hydrogen (secondary N) is 1. The van der Waals surface area contributed by atoms with Crippen LogP contribution in [0.4, 0.5) is 5.69 Å². The highest BCUT2D eigenvalue weighted by Crippen LogP contribution is 2.26. The van der Waals surface area contributed by atoms with Crippen molar-refractivity contribution in [2.45, 2.75) is 32.2 Å². The number of aryl methyl sites for hydroxylation is 1. The van der Waals surface area contributed by atoms with Gasteiger partial charge in [0.05, 0.1) is 6.61 Å². The van der Waals surface area contributed by atoms with Crippen LogP contribution in [0.2, 0.25) is 0 Å². The number of carbonyl (C=O) groups is 1. The third-order valence-electron chi connectivity index (χ3n) is 4.96. The van der Waals surface area contributed by atoms with Crippen molar-refractivity contribution < 1.29 is 9.53 Å². The van der Waals surface area contributed by atoms with E-state index in [1.165, 1.54) is 31.5 Å². The van der Waals surface area contributed by atoms with E-state index in [0.717, 1.165) is 43.0 Å². The van der Waals surface area contributed by atoms with Gasteiger partial charge in [0.1, 0.15) is 5.75 Å². The Morgan fingerprint density at radius 3 is 2.84 bits per heavy atom. The highest BCUT2D eigenvalue weighted by Gasteiger charge is 2.15. The topological polar surface area (TPSA) is 41.6 Å². The highest BCUT2D eigenvalue weighted by molar-refractivity contribution is 6.04. The molecule has 0 aromatic heterocycles. The summed E-state index contributed by atoms with van der Waals surface area (Å²) in [6, 6.07) is 13.9. The van der Waals surface area contributed by atoms with Gasteiger partial charge in [0, 0.05) is 17.8 Å². The van der Waals surface area contributed by atoms with Crippen molar-refractivity contribution in [3.63, 3.8) is 0 Å². The van der Waals surface area contributed by atoms with Crippen LogP contribution in [-0.4, -0.2) is 30.5 Å². The highest BCUT2D eigenvalue weighted by atomic mass is 16.5. The summed E-state index contributed by atoms with van der Waals surface area (Å²) in [7, 11) is 0. The summed E-state index contributed by atoms with van der Waals surface area (Å²) in [6.07, 6.45) is 4.56. The van der Waals surface area contributed by atoms with Crippen LogP contribution in [0, 0.1) is 0 Å². The monoisotopic (exact) mass is 336 g/mol. The molecule has 0 atom stereocenters. The Morgan fingerprint density at radius 2 is 1.96 bits per heavy atom. The van der Waals surface area contributed by atoms with Gasteiger partial charge < -0.3 is 10.1 Å². The lowest BCUT2D eigenvalue weighted by Gasteiger charge is -2.18. The molecule has 0 aliphatic carbocycles. The van der Waals surface area contributed by atoms with Crippen LogP contribution in [0.1, 0.15) is 40.7 Å².